The molecule has 0 heterocycles. The van der Waals surface area contributed by atoms with E-state index >= 15 is 0 Å². The highest BCUT2D eigenvalue weighted by Crippen LogP contribution is 2.18. The Morgan fingerprint density at radius 2 is 1.08 bits per heavy atom. The Morgan fingerprint density at radius 1 is 0.720 bits per heavy atom. The SMILES string of the molecule is C=CC(Cc1ccccc1CN)OC(C=C)Cc1ccccc1CN. The Balaban J connectivity index is 2.07. The highest BCUT2D eigenvalue weighted by Gasteiger charge is 2.15. The Labute approximate surface area is 151 Å². The van der Waals surface area contributed by atoms with Gasteiger partial charge in [0.2, 0.25) is 0 Å². The number of hydrogen-bond acceptors (Lipinski definition) is 3. The van der Waals surface area contributed by atoms with Gasteiger partial charge in [-0.2, -0.15) is 0 Å². The van der Waals surface area contributed by atoms with Crippen molar-refractivity contribution in [2.24, 2.45) is 11.5 Å². The van der Waals surface area contributed by atoms with E-state index in [1.54, 1.807) is 0 Å². The van der Waals surface area contributed by atoms with Gasteiger partial charge in [-0.15, -0.1) is 13.2 Å². The van der Waals surface area contributed by atoms with Crippen LogP contribution in [0.25, 0.3) is 0 Å². The van der Waals surface area contributed by atoms with Crippen molar-refractivity contribution >= 4 is 0 Å². The number of ether oxygens (including phenoxy) is 1. The van der Waals surface area contributed by atoms with Gasteiger partial charge >= 0.3 is 0 Å². The fourth-order valence-electron chi connectivity index (χ4n) is 2.94. The van der Waals surface area contributed by atoms with Gasteiger partial charge in [-0.05, 0) is 22.3 Å². The summed E-state index contributed by atoms with van der Waals surface area (Å²) in [5, 5.41) is 0. The van der Waals surface area contributed by atoms with Crippen LogP contribution in [0.1, 0.15) is 22.3 Å². The van der Waals surface area contributed by atoms with E-state index in [1.807, 2.05) is 36.4 Å². The van der Waals surface area contributed by atoms with Crippen LogP contribution in [0.2, 0.25) is 0 Å². The lowest BCUT2D eigenvalue weighted by Crippen LogP contribution is -2.24. The zero-order valence-electron chi connectivity index (χ0n) is 14.7. The Morgan fingerprint density at radius 3 is 1.40 bits per heavy atom. The third-order valence-electron chi connectivity index (χ3n) is 4.39. The van der Waals surface area contributed by atoms with E-state index < -0.39 is 0 Å². The van der Waals surface area contributed by atoms with E-state index in [0.717, 1.165) is 24.0 Å². The quantitative estimate of drug-likeness (QED) is 0.653. The van der Waals surface area contributed by atoms with Crippen molar-refractivity contribution < 1.29 is 4.74 Å². The number of rotatable bonds is 10. The maximum Gasteiger partial charge on any atom is 0.0801 e. The molecule has 2 aromatic rings. The van der Waals surface area contributed by atoms with E-state index in [9.17, 15) is 0 Å². The molecule has 0 spiro atoms. The largest absolute Gasteiger partial charge is 0.366 e. The maximum atomic E-state index is 6.24. The molecule has 0 amide bonds. The van der Waals surface area contributed by atoms with Crippen LogP contribution >= 0.6 is 0 Å². The Hall–Kier alpha value is -2.20. The van der Waals surface area contributed by atoms with Gasteiger partial charge in [0, 0.05) is 25.9 Å². The van der Waals surface area contributed by atoms with Crippen LogP contribution in [0, 0.1) is 0 Å². The normalized spacial score (nSPS) is 13.2. The minimum absolute atomic E-state index is 0.0965. The highest BCUT2D eigenvalue weighted by atomic mass is 16.5. The second kappa shape index (κ2) is 9.94. The van der Waals surface area contributed by atoms with Crippen molar-refractivity contribution in [2.75, 3.05) is 0 Å². The lowest BCUT2D eigenvalue weighted by molar-refractivity contribution is 0.0422. The summed E-state index contributed by atoms with van der Waals surface area (Å²) in [5.74, 6) is 0. The molecule has 2 aromatic carbocycles. The van der Waals surface area contributed by atoms with Gasteiger partial charge in [0.15, 0.2) is 0 Å². The van der Waals surface area contributed by atoms with Gasteiger partial charge < -0.3 is 16.2 Å². The molecule has 0 bridgehead atoms. The molecular weight excluding hydrogens is 308 g/mol. The van der Waals surface area contributed by atoms with Crippen LogP contribution < -0.4 is 11.5 Å². The van der Waals surface area contributed by atoms with Crippen LogP contribution in [0.5, 0.6) is 0 Å². The summed E-state index contributed by atoms with van der Waals surface area (Å²) in [5.41, 5.74) is 16.3. The van der Waals surface area contributed by atoms with Crippen LogP contribution in [0.15, 0.2) is 73.8 Å². The molecule has 0 saturated carbocycles. The minimum Gasteiger partial charge on any atom is -0.366 e. The molecule has 0 aliphatic carbocycles. The molecule has 2 unspecified atom stereocenters. The first-order valence-electron chi connectivity index (χ1n) is 8.66. The predicted octanol–water partition coefficient (Wildman–Crippen LogP) is 3.52. The van der Waals surface area contributed by atoms with Crippen molar-refractivity contribution in [1.82, 2.24) is 0 Å². The number of nitrogens with two attached hydrogens (primary N) is 2. The average Bonchev–Trinajstić information content (AvgIpc) is 2.67. The molecule has 0 aliphatic heterocycles. The van der Waals surface area contributed by atoms with Crippen molar-refractivity contribution in [3.05, 3.63) is 96.1 Å². The van der Waals surface area contributed by atoms with E-state index in [2.05, 4.69) is 37.4 Å². The van der Waals surface area contributed by atoms with E-state index in [1.165, 1.54) is 11.1 Å². The molecule has 25 heavy (non-hydrogen) atoms. The molecular formula is C22H28N2O. The monoisotopic (exact) mass is 336 g/mol. The summed E-state index contributed by atoms with van der Waals surface area (Å²) in [6, 6.07) is 16.4. The van der Waals surface area contributed by atoms with Crippen molar-refractivity contribution in [3.63, 3.8) is 0 Å². The van der Waals surface area contributed by atoms with Gasteiger partial charge in [-0.25, -0.2) is 0 Å². The Kier molecular flexibility index (Phi) is 7.61. The molecule has 4 N–H and O–H groups in total. The molecule has 0 radical (unpaired) electrons. The minimum atomic E-state index is -0.0965. The predicted molar refractivity (Wildman–Crippen MR) is 105 cm³/mol. The van der Waals surface area contributed by atoms with Gasteiger partial charge in [-0.3, -0.25) is 0 Å². The van der Waals surface area contributed by atoms with Gasteiger partial charge in [-0.1, -0.05) is 60.7 Å². The van der Waals surface area contributed by atoms with Crippen LogP contribution in [-0.2, 0) is 30.7 Å². The first-order valence-corrected chi connectivity index (χ1v) is 8.66. The van der Waals surface area contributed by atoms with Gasteiger partial charge in [0.05, 0.1) is 12.2 Å². The van der Waals surface area contributed by atoms with E-state index in [-0.39, 0.29) is 12.2 Å². The summed E-state index contributed by atoms with van der Waals surface area (Å²) in [6.45, 7) is 8.91. The molecule has 0 saturated heterocycles. The molecule has 3 heteroatoms. The molecule has 132 valence electrons. The Bertz CT molecular complexity index is 636. The fourth-order valence-corrected chi connectivity index (χ4v) is 2.94. The first kappa shape index (κ1) is 19.1. The smallest absolute Gasteiger partial charge is 0.0801 e. The van der Waals surface area contributed by atoms with E-state index in [0.29, 0.717) is 13.1 Å². The van der Waals surface area contributed by atoms with Crippen LogP contribution in [0.4, 0.5) is 0 Å². The topological polar surface area (TPSA) is 61.3 Å². The van der Waals surface area contributed by atoms with Crippen molar-refractivity contribution in [3.8, 4) is 0 Å². The second-order valence-corrected chi connectivity index (χ2v) is 6.04. The summed E-state index contributed by atoms with van der Waals surface area (Å²) in [6.07, 6.45) is 5.00. The molecule has 0 fully saturated rings. The summed E-state index contributed by atoms with van der Waals surface area (Å²) in [7, 11) is 0. The second-order valence-electron chi connectivity index (χ2n) is 6.04. The number of hydrogen-bond donors (Lipinski definition) is 2. The molecule has 0 aliphatic rings. The zero-order chi connectivity index (χ0) is 18.1. The molecule has 2 atom stereocenters. The maximum absolute atomic E-state index is 6.24. The van der Waals surface area contributed by atoms with Crippen molar-refractivity contribution in [2.45, 2.75) is 38.1 Å². The molecule has 0 aromatic heterocycles. The van der Waals surface area contributed by atoms with Crippen LogP contribution in [0.3, 0.4) is 0 Å². The van der Waals surface area contributed by atoms with Gasteiger partial charge in [0.1, 0.15) is 0 Å². The van der Waals surface area contributed by atoms with Crippen LogP contribution in [-0.4, -0.2) is 12.2 Å². The summed E-state index contributed by atoms with van der Waals surface area (Å²) in [4.78, 5) is 0. The standard InChI is InChI=1S/C22H28N2O/c1-3-21(13-17-9-5-7-11-19(17)15-23)25-22(4-2)14-18-10-6-8-12-20(18)16-24/h3-12,21-22H,1-2,13-16,23-24H2. The summed E-state index contributed by atoms with van der Waals surface area (Å²) < 4.78 is 6.24. The lowest BCUT2D eigenvalue weighted by Gasteiger charge is -2.22. The number of benzene rings is 2. The van der Waals surface area contributed by atoms with Gasteiger partial charge in [0.25, 0.3) is 0 Å². The molecule has 3 nitrogen and oxygen atoms in total. The highest BCUT2D eigenvalue weighted by molar-refractivity contribution is 5.29. The third kappa shape index (κ3) is 5.40. The lowest BCUT2D eigenvalue weighted by atomic mass is 10.00. The first-order chi connectivity index (χ1) is 12.2. The zero-order valence-corrected chi connectivity index (χ0v) is 14.7. The van der Waals surface area contributed by atoms with Crippen molar-refractivity contribution in [1.29, 1.82) is 0 Å². The molecule has 2 rings (SSSR count). The van der Waals surface area contributed by atoms with E-state index in [4.69, 9.17) is 16.2 Å². The fraction of sp³-hybridized carbons (Fsp3) is 0.273. The average molecular weight is 336 g/mol. The third-order valence-corrected chi connectivity index (χ3v) is 4.39. The summed E-state index contributed by atoms with van der Waals surface area (Å²) >= 11 is 0.